The summed E-state index contributed by atoms with van der Waals surface area (Å²) < 4.78 is 68.7. The first-order valence-electron chi connectivity index (χ1n) is 3.81. The predicted molar refractivity (Wildman–Crippen MR) is 51.0 cm³/mol. The summed E-state index contributed by atoms with van der Waals surface area (Å²) in [4.78, 5) is -1.83. The maximum absolute atomic E-state index is 12.2. The number of hydrogen-bond acceptors (Lipinski definition) is 4. The molecular formula is C7H7F2NO4S2. The lowest BCUT2D eigenvalue weighted by Gasteiger charge is -2.07. The summed E-state index contributed by atoms with van der Waals surface area (Å²) in [5.74, 6) is -3.70. The Balaban J connectivity index is 3.61. The van der Waals surface area contributed by atoms with Gasteiger partial charge in [-0.3, -0.25) is 0 Å². The van der Waals surface area contributed by atoms with Crippen LogP contribution >= 0.6 is 0 Å². The molecule has 9 heteroatoms. The van der Waals surface area contributed by atoms with Crippen molar-refractivity contribution in [1.82, 2.24) is 0 Å². The van der Waals surface area contributed by atoms with E-state index < -0.39 is 35.4 Å². The van der Waals surface area contributed by atoms with Crippen molar-refractivity contribution in [2.24, 2.45) is 5.14 Å². The normalized spacial score (nSPS) is 13.0. The Hall–Kier alpha value is -1.06. The first kappa shape index (κ1) is 13.0. The highest BCUT2D eigenvalue weighted by molar-refractivity contribution is 7.93. The van der Waals surface area contributed by atoms with Crippen molar-refractivity contribution < 1.29 is 25.6 Å². The molecule has 0 aliphatic rings. The Morgan fingerprint density at radius 3 is 1.81 bits per heavy atom. The van der Waals surface area contributed by atoms with Crippen LogP contribution in [0.4, 0.5) is 8.78 Å². The zero-order valence-corrected chi connectivity index (χ0v) is 9.30. The first-order valence-corrected chi connectivity index (χ1v) is 6.90. The lowest BCUT2D eigenvalue weighted by Crippen LogP contribution is -2.19. The predicted octanol–water partition coefficient (Wildman–Crippen LogP) is 0.330. The van der Waals surface area contributed by atoms with Crippen molar-refractivity contribution >= 4 is 19.9 Å². The van der Waals surface area contributed by atoms with Gasteiger partial charge in [-0.15, -0.1) is 0 Å². The van der Waals surface area contributed by atoms with Crippen LogP contribution in [0.1, 0.15) is 0 Å². The minimum Gasteiger partial charge on any atom is -0.225 e. The van der Waals surface area contributed by atoms with Crippen LogP contribution < -0.4 is 5.14 Å². The highest BCUT2D eigenvalue weighted by Crippen LogP contribution is 2.24. The van der Waals surface area contributed by atoms with E-state index in [0.29, 0.717) is 0 Å². The summed E-state index contributed by atoms with van der Waals surface area (Å²) in [5.41, 5.74) is 0. The smallest absolute Gasteiger partial charge is 0.225 e. The molecule has 0 unspecified atom stereocenters. The van der Waals surface area contributed by atoms with Crippen LogP contribution in [0.2, 0.25) is 0 Å². The second-order valence-corrected chi connectivity index (χ2v) is 6.21. The van der Waals surface area contributed by atoms with Crippen molar-refractivity contribution in [3.8, 4) is 0 Å². The molecular weight excluding hydrogens is 264 g/mol. The van der Waals surface area contributed by atoms with Crippen LogP contribution in [0.3, 0.4) is 0 Å². The molecule has 0 saturated heterocycles. The molecule has 0 heterocycles. The lowest BCUT2D eigenvalue weighted by molar-refractivity contribution is 0.234. The molecule has 0 radical (unpaired) electrons. The van der Waals surface area contributed by atoms with Gasteiger partial charge in [-0.25, -0.2) is 22.0 Å². The van der Waals surface area contributed by atoms with E-state index in [2.05, 4.69) is 0 Å². The molecule has 0 amide bonds. The summed E-state index contributed by atoms with van der Waals surface area (Å²) in [5, 5.41) is 4.72. The third-order valence-corrected chi connectivity index (χ3v) is 4.23. The monoisotopic (exact) mass is 271 g/mol. The summed E-state index contributed by atoms with van der Waals surface area (Å²) >= 11 is 0. The molecule has 0 aromatic heterocycles. The fourth-order valence-corrected chi connectivity index (χ4v) is 3.14. The number of primary sulfonamides is 1. The lowest BCUT2D eigenvalue weighted by atomic mass is 10.4. The van der Waals surface area contributed by atoms with E-state index in [1.54, 1.807) is 0 Å². The molecule has 0 aliphatic carbocycles. The second-order valence-electron chi connectivity index (χ2n) is 2.80. The molecule has 0 spiro atoms. The number of nitrogens with two attached hydrogens (primary N) is 1. The van der Waals surface area contributed by atoms with Gasteiger partial charge in [0, 0.05) is 0 Å². The summed E-state index contributed by atoms with van der Waals surface area (Å²) in [6.45, 7) is 0. The molecule has 2 N–H and O–H groups in total. The zero-order chi connectivity index (χ0) is 12.6. The van der Waals surface area contributed by atoms with Gasteiger partial charge in [-0.1, -0.05) is 12.1 Å². The molecule has 5 nitrogen and oxygen atoms in total. The molecule has 16 heavy (non-hydrogen) atoms. The maximum atomic E-state index is 12.2. The molecule has 1 aromatic carbocycles. The van der Waals surface area contributed by atoms with Gasteiger partial charge in [0.15, 0.2) is 0 Å². The van der Waals surface area contributed by atoms with Gasteiger partial charge in [-0.05, 0) is 12.1 Å². The van der Waals surface area contributed by atoms with Crippen molar-refractivity contribution in [1.29, 1.82) is 0 Å². The quantitative estimate of drug-likeness (QED) is 0.857. The van der Waals surface area contributed by atoms with Crippen molar-refractivity contribution in [2.45, 2.75) is 15.5 Å². The van der Waals surface area contributed by atoms with Gasteiger partial charge in [-0.2, -0.15) is 8.78 Å². The standard InChI is InChI=1S/C7H7F2NO4S2/c8-7(9)15(11,12)5-3-1-2-4-6(5)16(10,13)14/h1-4,7H,(H2,10,13,14). The maximum Gasteiger partial charge on any atom is 0.341 e. The second kappa shape index (κ2) is 4.07. The van der Waals surface area contributed by atoms with E-state index >= 15 is 0 Å². The van der Waals surface area contributed by atoms with E-state index in [0.717, 1.165) is 18.2 Å². The first-order chi connectivity index (χ1) is 7.17. The highest BCUT2D eigenvalue weighted by Gasteiger charge is 2.31. The van der Waals surface area contributed by atoms with Crippen LogP contribution in [0.5, 0.6) is 0 Å². The Morgan fingerprint density at radius 1 is 1.00 bits per heavy atom. The van der Waals surface area contributed by atoms with Crippen LogP contribution in [-0.4, -0.2) is 22.6 Å². The van der Waals surface area contributed by atoms with Crippen LogP contribution in [0.15, 0.2) is 34.1 Å². The van der Waals surface area contributed by atoms with Crippen LogP contribution in [0.25, 0.3) is 0 Å². The van der Waals surface area contributed by atoms with Gasteiger partial charge in [0.05, 0.1) is 4.90 Å². The number of alkyl halides is 2. The van der Waals surface area contributed by atoms with E-state index in [-0.39, 0.29) is 0 Å². The molecule has 0 fully saturated rings. The zero-order valence-electron chi connectivity index (χ0n) is 7.67. The minimum absolute atomic E-state index is 0.765. The van der Waals surface area contributed by atoms with Gasteiger partial charge < -0.3 is 0 Å². The average molecular weight is 271 g/mol. The van der Waals surface area contributed by atoms with Gasteiger partial charge in [0.2, 0.25) is 19.9 Å². The largest absolute Gasteiger partial charge is 0.341 e. The number of sulfonamides is 1. The van der Waals surface area contributed by atoms with E-state index in [4.69, 9.17) is 5.14 Å². The Kier molecular flexibility index (Phi) is 3.31. The number of rotatable bonds is 3. The topological polar surface area (TPSA) is 94.3 Å². The number of halogens is 2. The molecule has 90 valence electrons. The number of hydrogen-bond donors (Lipinski definition) is 1. The Bertz CT molecular complexity index is 595. The van der Waals surface area contributed by atoms with Crippen molar-refractivity contribution in [3.05, 3.63) is 24.3 Å². The average Bonchev–Trinajstić information content (AvgIpc) is 2.16. The molecule has 0 aliphatic heterocycles. The fraction of sp³-hybridized carbons (Fsp3) is 0.143. The van der Waals surface area contributed by atoms with Gasteiger partial charge in [0.25, 0.3) is 0 Å². The molecule has 0 bridgehead atoms. The molecule has 0 atom stereocenters. The van der Waals surface area contributed by atoms with E-state index in [1.165, 1.54) is 6.07 Å². The highest BCUT2D eigenvalue weighted by atomic mass is 32.2. The summed E-state index contributed by atoms with van der Waals surface area (Å²) in [6, 6.07) is 3.93. The van der Waals surface area contributed by atoms with Crippen molar-refractivity contribution in [2.75, 3.05) is 0 Å². The summed E-state index contributed by atoms with van der Waals surface area (Å²) in [7, 11) is -9.35. The third-order valence-electron chi connectivity index (χ3n) is 1.70. The Morgan fingerprint density at radius 2 is 1.44 bits per heavy atom. The van der Waals surface area contributed by atoms with E-state index in [9.17, 15) is 25.6 Å². The molecule has 1 rings (SSSR count). The molecule has 1 aromatic rings. The fourth-order valence-electron chi connectivity index (χ4n) is 1.02. The third kappa shape index (κ3) is 2.36. The van der Waals surface area contributed by atoms with Crippen molar-refractivity contribution in [3.63, 3.8) is 0 Å². The van der Waals surface area contributed by atoms with Crippen LogP contribution in [0, 0.1) is 0 Å². The van der Waals surface area contributed by atoms with Crippen LogP contribution in [-0.2, 0) is 19.9 Å². The SMILES string of the molecule is NS(=O)(=O)c1ccccc1S(=O)(=O)C(F)F. The number of benzene rings is 1. The number of sulfone groups is 1. The van der Waals surface area contributed by atoms with Gasteiger partial charge in [0.1, 0.15) is 4.90 Å². The summed E-state index contributed by atoms with van der Waals surface area (Å²) in [6.07, 6.45) is 0. The Labute approximate surface area is 90.9 Å². The minimum atomic E-state index is -4.98. The molecule has 0 saturated carbocycles. The van der Waals surface area contributed by atoms with Gasteiger partial charge >= 0.3 is 5.76 Å². The van der Waals surface area contributed by atoms with E-state index in [1.807, 2.05) is 0 Å².